The molecule has 0 radical (unpaired) electrons. The molecule has 7 heteroatoms. The molecule has 1 atom stereocenters. The molecule has 0 bridgehead atoms. The molecular formula is C12H14F4N2O. The normalized spacial score (nSPS) is 21.6. The molecule has 2 N–H and O–H groups in total. The van der Waals surface area contributed by atoms with E-state index in [4.69, 9.17) is 10.6 Å². The van der Waals surface area contributed by atoms with Gasteiger partial charge in [0, 0.05) is 6.54 Å². The van der Waals surface area contributed by atoms with Crippen LogP contribution in [0.5, 0.6) is 0 Å². The summed E-state index contributed by atoms with van der Waals surface area (Å²) in [6, 6.07) is 2.32. The van der Waals surface area contributed by atoms with Crippen molar-refractivity contribution >= 4 is 0 Å². The lowest BCUT2D eigenvalue weighted by atomic mass is 10.0. The van der Waals surface area contributed by atoms with Gasteiger partial charge < -0.3 is 4.74 Å². The van der Waals surface area contributed by atoms with Gasteiger partial charge in [0.1, 0.15) is 5.82 Å². The van der Waals surface area contributed by atoms with Crippen LogP contribution in [-0.4, -0.2) is 30.8 Å². The fourth-order valence-electron chi connectivity index (χ4n) is 1.99. The van der Waals surface area contributed by atoms with Crippen molar-refractivity contribution in [2.75, 3.05) is 19.8 Å². The highest BCUT2D eigenvalue weighted by Gasteiger charge is 2.31. The van der Waals surface area contributed by atoms with E-state index in [2.05, 4.69) is 0 Å². The first-order chi connectivity index (χ1) is 8.88. The molecule has 1 saturated heterocycles. The Morgan fingerprint density at radius 1 is 1.37 bits per heavy atom. The number of morpholine rings is 1. The Kier molecular flexibility index (Phi) is 4.07. The number of hydrogen-bond donors (Lipinski definition) is 1. The molecule has 1 aromatic rings. The van der Waals surface area contributed by atoms with Crippen LogP contribution in [0.15, 0.2) is 18.2 Å². The van der Waals surface area contributed by atoms with Crippen LogP contribution in [0, 0.1) is 5.82 Å². The number of nitrogens with zero attached hydrogens (tertiary/aromatic N) is 1. The maximum atomic E-state index is 13.7. The van der Waals surface area contributed by atoms with Gasteiger partial charge in [0.25, 0.3) is 0 Å². The second-order valence-electron chi connectivity index (χ2n) is 4.47. The summed E-state index contributed by atoms with van der Waals surface area (Å²) in [7, 11) is 0. The van der Waals surface area contributed by atoms with E-state index < -0.39 is 17.6 Å². The first-order valence-corrected chi connectivity index (χ1v) is 5.82. The molecule has 19 heavy (non-hydrogen) atoms. The van der Waals surface area contributed by atoms with Crippen LogP contribution < -0.4 is 5.84 Å². The van der Waals surface area contributed by atoms with Crippen molar-refractivity contribution in [3.63, 3.8) is 0 Å². The quantitative estimate of drug-likeness (QED) is 0.664. The summed E-state index contributed by atoms with van der Waals surface area (Å²) in [5, 5.41) is 1.53. The number of nitrogens with two attached hydrogens (primary N) is 1. The second-order valence-corrected chi connectivity index (χ2v) is 4.47. The monoisotopic (exact) mass is 278 g/mol. The standard InChI is InChI=1S/C12H14F4N2O/c13-11-6-9(12(14,15)16)2-1-8(11)5-10-7-19-4-3-18(10)17/h1-2,6,10H,3-5,7,17H2. The van der Waals surface area contributed by atoms with Gasteiger partial charge in [-0.05, 0) is 24.1 Å². The smallest absolute Gasteiger partial charge is 0.378 e. The number of ether oxygens (including phenoxy) is 1. The van der Waals surface area contributed by atoms with E-state index in [0.717, 1.165) is 12.1 Å². The Morgan fingerprint density at radius 2 is 2.11 bits per heavy atom. The van der Waals surface area contributed by atoms with Crippen molar-refractivity contribution in [2.45, 2.75) is 18.6 Å². The minimum absolute atomic E-state index is 0.207. The Balaban J connectivity index is 2.13. The van der Waals surface area contributed by atoms with Gasteiger partial charge in [-0.1, -0.05) is 6.07 Å². The fourth-order valence-corrected chi connectivity index (χ4v) is 1.99. The Hall–Kier alpha value is -1.18. The zero-order valence-electron chi connectivity index (χ0n) is 10.1. The van der Waals surface area contributed by atoms with Gasteiger partial charge in [0.15, 0.2) is 0 Å². The van der Waals surface area contributed by atoms with Crippen molar-refractivity contribution in [1.29, 1.82) is 0 Å². The molecule has 1 heterocycles. The molecule has 0 amide bonds. The van der Waals surface area contributed by atoms with E-state index in [0.29, 0.717) is 25.8 Å². The Labute approximate surface area is 107 Å². The van der Waals surface area contributed by atoms with Crippen molar-refractivity contribution < 1.29 is 22.3 Å². The molecule has 1 fully saturated rings. The van der Waals surface area contributed by atoms with Gasteiger partial charge >= 0.3 is 6.18 Å². The first-order valence-electron chi connectivity index (χ1n) is 5.82. The summed E-state index contributed by atoms with van der Waals surface area (Å²) in [4.78, 5) is 0. The van der Waals surface area contributed by atoms with Crippen molar-refractivity contribution in [3.05, 3.63) is 35.1 Å². The molecule has 0 saturated carbocycles. The first kappa shape index (κ1) is 14.2. The zero-order valence-corrected chi connectivity index (χ0v) is 10.1. The average Bonchev–Trinajstić information content (AvgIpc) is 2.33. The number of halogens is 4. The number of alkyl halides is 3. The predicted molar refractivity (Wildman–Crippen MR) is 60.6 cm³/mol. The van der Waals surface area contributed by atoms with E-state index in [-0.39, 0.29) is 18.0 Å². The lowest BCUT2D eigenvalue weighted by Crippen LogP contribution is -2.50. The van der Waals surface area contributed by atoms with E-state index in [1.807, 2.05) is 0 Å². The van der Waals surface area contributed by atoms with Crippen molar-refractivity contribution in [2.24, 2.45) is 5.84 Å². The molecule has 0 aliphatic carbocycles. The van der Waals surface area contributed by atoms with Crippen LogP contribution in [0.1, 0.15) is 11.1 Å². The van der Waals surface area contributed by atoms with E-state index in [1.165, 1.54) is 5.01 Å². The molecule has 106 valence electrons. The minimum Gasteiger partial charge on any atom is -0.378 e. The summed E-state index contributed by atoms with van der Waals surface area (Å²) in [5.41, 5.74) is -0.780. The largest absolute Gasteiger partial charge is 0.416 e. The van der Waals surface area contributed by atoms with Crippen molar-refractivity contribution in [3.8, 4) is 0 Å². The lowest BCUT2D eigenvalue weighted by molar-refractivity contribution is -0.137. The van der Waals surface area contributed by atoms with Gasteiger partial charge in [-0.15, -0.1) is 0 Å². The maximum Gasteiger partial charge on any atom is 0.416 e. The zero-order chi connectivity index (χ0) is 14.0. The topological polar surface area (TPSA) is 38.5 Å². The molecule has 3 nitrogen and oxygen atoms in total. The second kappa shape index (κ2) is 5.44. The third-order valence-corrected chi connectivity index (χ3v) is 3.11. The third-order valence-electron chi connectivity index (χ3n) is 3.11. The average molecular weight is 278 g/mol. The van der Waals surface area contributed by atoms with Crippen LogP contribution in [0.3, 0.4) is 0 Å². The van der Waals surface area contributed by atoms with Gasteiger partial charge in [0.05, 0.1) is 24.8 Å². The summed E-state index contributed by atoms with van der Waals surface area (Å²) < 4.78 is 56.1. The van der Waals surface area contributed by atoms with Crippen LogP contribution in [0.4, 0.5) is 17.6 Å². The molecule has 0 spiro atoms. The maximum absolute atomic E-state index is 13.7. The van der Waals surface area contributed by atoms with Crippen LogP contribution in [0.25, 0.3) is 0 Å². The molecular weight excluding hydrogens is 264 g/mol. The molecule has 1 unspecified atom stereocenters. The van der Waals surface area contributed by atoms with Gasteiger partial charge in [0.2, 0.25) is 0 Å². The number of hydrogen-bond acceptors (Lipinski definition) is 3. The van der Waals surface area contributed by atoms with Crippen LogP contribution in [0.2, 0.25) is 0 Å². The minimum atomic E-state index is -4.53. The van der Waals surface area contributed by atoms with Crippen LogP contribution >= 0.6 is 0 Å². The van der Waals surface area contributed by atoms with Gasteiger partial charge in [-0.25, -0.2) is 9.40 Å². The van der Waals surface area contributed by atoms with E-state index >= 15 is 0 Å². The number of rotatable bonds is 2. The van der Waals surface area contributed by atoms with Crippen LogP contribution in [-0.2, 0) is 17.3 Å². The molecule has 1 aromatic carbocycles. The molecule has 2 rings (SSSR count). The van der Waals surface area contributed by atoms with E-state index in [1.54, 1.807) is 0 Å². The lowest BCUT2D eigenvalue weighted by Gasteiger charge is -2.31. The SMILES string of the molecule is NN1CCOCC1Cc1ccc(C(F)(F)F)cc1F. The van der Waals surface area contributed by atoms with E-state index in [9.17, 15) is 17.6 Å². The third kappa shape index (κ3) is 3.43. The van der Waals surface area contributed by atoms with Gasteiger partial charge in [-0.3, -0.25) is 5.84 Å². The molecule has 1 aliphatic heterocycles. The predicted octanol–water partition coefficient (Wildman–Crippen LogP) is 1.96. The highest BCUT2D eigenvalue weighted by molar-refractivity contribution is 5.27. The highest BCUT2D eigenvalue weighted by Crippen LogP contribution is 2.30. The Bertz CT molecular complexity index is 450. The Morgan fingerprint density at radius 3 is 2.68 bits per heavy atom. The summed E-state index contributed by atoms with van der Waals surface area (Å²) in [6.07, 6.45) is -4.31. The number of hydrazine groups is 1. The summed E-state index contributed by atoms with van der Waals surface area (Å²) in [5.74, 6) is 4.86. The van der Waals surface area contributed by atoms with Gasteiger partial charge in [-0.2, -0.15) is 13.2 Å². The fraction of sp³-hybridized carbons (Fsp3) is 0.500. The molecule has 0 aromatic heterocycles. The summed E-state index contributed by atoms with van der Waals surface area (Å²) in [6.45, 7) is 1.37. The van der Waals surface area contributed by atoms with Crippen molar-refractivity contribution in [1.82, 2.24) is 5.01 Å². The summed E-state index contributed by atoms with van der Waals surface area (Å²) >= 11 is 0. The highest BCUT2D eigenvalue weighted by atomic mass is 19.4. The molecule has 1 aliphatic rings. The number of benzene rings is 1.